The Hall–Kier alpha value is -2.18. The molecule has 1 aliphatic rings. The van der Waals surface area contributed by atoms with Crippen molar-refractivity contribution in [2.75, 3.05) is 47.3 Å². The number of fused-ring (bicyclic) bond motifs is 3. The fourth-order valence-electron chi connectivity index (χ4n) is 3.58. The number of nitrogens with zero attached hydrogens (tertiary/aromatic N) is 3. The molecule has 2 aromatic rings. The fraction of sp³-hybridized carbons (Fsp3) is 0.500. The first-order valence-electron chi connectivity index (χ1n) is 9.19. The van der Waals surface area contributed by atoms with Crippen LogP contribution in [0.4, 0.5) is 0 Å². The molecule has 0 atom stereocenters. The lowest BCUT2D eigenvalue weighted by Crippen LogP contribution is -2.42. The molecule has 2 heterocycles. The molecule has 1 N–H and O–H groups in total. The highest BCUT2D eigenvalue weighted by molar-refractivity contribution is 5.86. The van der Waals surface area contributed by atoms with Crippen LogP contribution in [-0.4, -0.2) is 72.9 Å². The maximum absolute atomic E-state index is 12.7. The van der Waals surface area contributed by atoms with E-state index in [-0.39, 0.29) is 11.5 Å². The molecular formula is C20H28N4O2. The Morgan fingerprint density at radius 1 is 1.15 bits per heavy atom. The van der Waals surface area contributed by atoms with Crippen molar-refractivity contribution >= 4 is 16.7 Å². The Balaban J connectivity index is 1.69. The van der Waals surface area contributed by atoms with Gasteiger partial charge in [0.25, 0.3) is 5.56 Å². The number of benzene rings is 1. The number of hydrogen-bond donors (Lipinski definition) is 1. The molecule has 0 aliphatic carbocycles. The monoisotopic (exact) mass is 356 g/mol. The Kier molecular flexibility index (Phi) is 5.74. The van der Waals surface area contributed by atoms with Crippen LogP contribution in [0.25, 0.3) is 10.8 Å². The molecule has 1 aliphatic heterocycles. The van der Waals surface area contributed by atoms with Gasteiger partial charge in [0.05, 0.1) is 6.54 Å². The highest BCUT2D eigenvalue weighted by Crippen LogP contribution is 2.24. The van der Waals surface area contributed by atoms with E-state index in [0.29, 0.717) is 31.4 Å². The molecule has 0 saturated carbocycles. The third kappa shape index (κ3) is 4.14. The molecular weight excluding hydrogens is 328 g/mol. The molecule has 0 radical (unpaired) electrons. The van der Waals surface area contributed by atoms with Crippen LogP contribution < -0.4 is 5.56 Å². The predicted octanol–water partition coefficient (Wildman–Crippen LogP) is 1.30. The van der Waals surface area contributed by atoms with Gasteiger partial charge in [-0.3, -0.25) is 14.5 Å². The molecule has 6 nitrogen and oxygen atoms in total. The molecule has 0 unspecified atom stereocenters. The first-order valence-corrected chi connectivity index (χ1v) is 9.19. The summed E-state index contributed by atoms with van der Waals surface area (Å²) in [5.74, 6) is 0.151. The smallest absolute Gasteiger partial charge is 0.256 e. The number of amides is 1. The van der Waals surface area contributed by atoms with Crippen molar-refractivity contribution in [3.63, 3.8) is 0 Å². The average Bonchev–Trinajstić information content (AvgIpc) is 2.61. The van der Waals surface area contributed by atoms with Crippen molar-refractivity contribution < 1.29 is 4.79 Å². The van der Waals surface area contributed by atoms with E-state index in [4.69, 9.17) is 0 Å². The van der Waals surface area contributed by atoms with Gasteiger partial charge in [0.2, 0.25) is 5.91 Å². The summed E-state index contributed by atoms with van der Waals surface area (Å²) in [6, 6.07) is 7.64. The van der Waals surface area contributed by atoms with Crippen LogP contribution in [0.2, 0.25) is 0 Å². The van der Waals surface area contributed by atoms with E-state index in [9.17, 15) is 9.59 Å². The van der Waals surface area contributed by atoms with Gasteiger partial charge in [0, 0.05) is 30.6 Å². The molecule has 0 fully saturated rings. The van der Waals surface area contributed by atoms with E-state index < -0.39 is 0 Å². The van der Waals surface area contributed by atoms with Gasteiger partial charge in [-0.05, 0) is 57.7 Å². The number of pyridine rings is 1. The number of carbonyl (C=O) groups is 1. The minimum atomic E-state index is -0.0419. The van der Waals surface area contributed by atoms with E-state index in [1.165, 1.54) is 0 Å². The van der Waals surface area contributed by atoms with E-state index in [0.717, 1.165) is 36.2 Å². The normalized spacial score (nSPS) is 14.3. The number of likely N-dealkylation sites (N-methyl/N-ethyl adjacent to an activating group) is 1. The van der Waals surface area contributed by atoms with Gasteiger partial charge in [-0.15, -0.1) is 0 Å². The second-order valence-corrected chi connectivity index (χ2v) is 7.42. The molecule has 140 valence electrons. The summed E-state index contributed by atoms with van der Waals surface area (Å²) in [7, 11) is 6.12. The summed E-state index contributed by atoms with van der Waals surface area (Å²) < 4.78 is 0. The summed E-state index contributed by atoms with van der Waals surface area (Å²) in [6.45, 7) is 3.59. The van der Waals surface area contributed by atoms with Gasteiger partial charge in [0.15, 0.2) is 0 Å². The zero-order valence-electron chi connectivity index (χ0n) is 15.9. The lowest BCUT2D eigenvalue weighted by atomic mass is 9.99. The largest absolute Gasteiger partial charge is 0.337 e. The first-order chi connectivity index (χ1) is 12.5. The third-order valence-corrected chi connectivity index (χ3v) is 5.01. The number of carbonyl (C=O) groups excluding carboxylic acids is 1. The van der Waals surface area contributed by atoms with Gasteiger partial charge in [-0.2, -0.15) is 0 Å². The maximum atomic E-state index is 12.7. The molecule has 1 aromatic heterocycles. The average molecular weight is 356 g/mol. The highest BCUT2D eigenvalue weighted by Gasteiger charge is 2.24. The third-order valence-electron chi connectivity index (χ3n) is 5.01. The summed E-state index contributed by atoms with van der Waals surface area (Å²) in [5, 5.41) is 1.66. The topological polar surface area (TPSA) is 59.6 Å². The van der Waals surface area contributed by atoms with Crippen molar-refractivity contribution in [1.82, 2.24) is 19.7 Å². The summed E-state index contributed by atoms with van der Waals surface area (Å²) in [4.78, 5) is 34.1. The number of nitrogens with one attached hydrogen (secondary N) is 1. The molecule has 1 aromatic carbocycles. The number of H-pyrrole nitrogens is 1. The molecule has 1 amide bonds. The van der Waals surface area contributed by atoms with Crippen LogP contribution in [0.15, 0.2) is 29.1 Å². The van der Waals surface area contributed by atoms with Gasteiger partial charge < -0.3 is 14.8 Å². The standard InChI is InChI=1S/C20H28N4O2/c1-22(2)10-6-11-23(3)14-19(25)24-12-9-18-17(13-24)15-7-4-5-8-16(15)20(26)21-18/h4-5,7-8H,6,9-14H2,1-3H3,(H,21,26). The van der Waals surface area contributed by atoms with Crippen LogP contribution in [0.5, 0.6) is 0 Å². The van der Waals surface area contributed by atoms with Gasteiger partial charge in [-0.1, -0.05) is 18.2 Å². The molecule has 0 spiro atoms. The van der Waals surface area contributed by atoms with Crippen LogP contribution in [-0.2, 0) is 17.8 Å². The molecule has 0 saturated heterocycles. The Morgan fingerprint density at radius 3 is 2.62 bits per heavy atom. The quantitative estimate of drug-likeness (QED) is 0.848. The molecule has 3 rings (SSSR count). The summed E-state index contributed by atoms with van der Waals surface area (Å²) in [6.07, 6.45) is 1.75. The fourth-order valence-corrected chi connectivity index (χ4v) is 3.58. The maximum Gasteiger partial charge on any atom is 0.256 e. The van der Waals surface area contributed by atoms with Crippen LogP contribution >= 0.6 is 0 Å². The lowest BCUT2D eigenvalue weighted by Gasteiger charge is -2.31. The molecule has 0 bridgehead atoms. The van der Waals surface area contributed by atoms with Crippen LogP contribution in [0.1, 0.15) is 17.7 Å². The zero-order valence-corrected chi connectivity index (χ0v) is 15.9. The number of aromatic nitrogens is 1. The van der Waals surface area contributed by atoms with E-state index in [1.807, 2.05) is 36.2 Å². The second-order valence-electron chi connectivity index (χ2n) is 7.42. The van der Waals surface area contributed by atoms with E-state index in [2.05, 4.69) is 28.9 Å². The van der Waals surface area contributed by atoms with E-state index in [1.54, 1.807) is 0 Å². The second kappa shape index (κ2) is 8.01. The Morgan fingerprint density at radius 2 is 1.88 bits per heavy atom. The van der Waals surface area contributed by atoms with Crippen molar-refractivity contribution in [3.05, 3.63) is 45.9 Å². The predicted molar refractivity (Wildman–Crippen MR) is 104 cm³/mol. The summed E-state index contributed by atoms with van der Waals surface area (Å²) >= 11 is 0. The van der Waals surface area contributed by atoms with Crippen molar-refractivity contribution in [3.8, 4) is 0 Å². The van der Waals surface area contributed by atoms with Crippen molar-refractivity contribution in [1.29, 1.82) is 0 Å². The molecule has 6 heteroatoms. The van der Waals surface area contributed by atoms with Gasteiger partial charge in [-0.25, -0.2) is 0 Å². The van der Waals surface area contributed by atoms with Crippen LogP contribution in [0, 0.1) is 0 Å². The van der Waals surface area contributed by atoms with Gasteiger partial charge in [0.1, 0.15) is 0 Å². The first kappa shape index (κ1) is 18.6. The van der Waals surface area contributed by atoms with E-state index >= 15 is 0 Å². The molecule has 26 heavy (non-hydrogen) atoms. The lowest BCUT2D eigenvalue weighted by molar-refractivity contribution is -0.133. The SMILES string of the molecule is CN(C)CCCN(C)CC(=O)N1CCc2[nH]c(=O)c3ccccc3c2C1. The van der Waals surface area contributed by atoms with Gasteiger partial charge >= 0.3 is 0 Å². The van der Waals surface area contributed by atoms with Crippen molar-refractivity contribution in [2.45, 2.75) is 19.4 Å². The highest BCUT2D eigenvalue weighted by atomic mass is 16.2. The Bertz CT molecular complexity index is 843. The number of rotatable bonds is 6. The summed E-state index contributed by atoms with van der Waals surface area (Å²) in [5.41, 5.74) is 2.01. The Labute approximate surface area is 154 Å². The minimum Gasteiger partial charge on any atom is -0.337 e. The minimum absolute atomic E-state index is 0.0419. The number of aromatic amines is 1. The van der Waals surface area contributed by atoms with Crippen molar-refractivity contribution in [2.24, 2.45) is 0 Å². The number of hydrogen-bond acceptors (Lipinski definition) is 4. The van der Waals surface area contributed by atoms with Crippen LogP contribution in [0.3, 0.4) is 0 Å². The zero-order chi connectivity index (χ0) is 18.7.